The van der Waals surface area contributed by atoms with E-state index < -0.39 is 0 Å². The quantitative estimate of drug-likeness (QED) is 0.378. The molecule has 0 atom stereocenters. The first-order valence-corrected chi connectivity index (χ1v) is 6.81. The molecule has 5 nitrogen and oxygen atoms in total. The second-order valence-electron chi connectivity index (χ2n) is 5.43. The molecular weight excluding hydrogens is 240 g/mol. The Morgan fingerprint density at radius 2 is 2.16 bits per heavy atom. The molecular formula is C14H22N4O. The maximum atomic E-state index is 8.84. The third-order valence-corrected chi connectivity index (χ3v) is 3.95. The van der Waals surface area contributed by atoms with Crippen LogP contribution in [0.5, 0.6) is 0 Å². The highest BCUT2D eigenvalue weighted by molar-refractivity contribution is 6.01. The van der Waals surface area contributed by atoms with Gasteiger partial charge in [-0.25, -0.2) is 4.98 Å². The number of nitrogens with zero attached hydrogens (tertiary/aromatic N) is 3. The van der Waals surface area contributed by atoms with Gasteiger partial charge in [-0.15, -0.1) is 0 Å². The van der Waals surface area contributed by atoms with Crippen molar-refractivity contribution in [1.29, 1.82) is 0 Å². The Kier molecular flexibility index (Phi) is 4.24. The fraction of sp³-hybridized carbons (Fsp3) is 0.571. The van der Waals surface area contributed by atoms with Crippen LogP contribution >= 0.6 is 0 Å². The van der Waals surface area contributed by atoms with Crippen LogP contribution in [0.4, 0.5) is 5.82 Å². The lowest BCUT2D eigenvalue weighted by Crippen LogP contribution is -2.37. The molecule has 0 spiro atoms. The third kappa shape index (κ3) is 2.97. The summed E-state index contributed by atoms with van der Waals surface area (Å²) in [5.41, 5.74) is 6.41. The van der Waals surface area contributed by atoms with E-state index in [0.29, 0.717) is 5.56 Å². The molecule has 0 saturated carbocycles. The second-order valence-corrected chi connectivity index (χ2v) is 5.43. The molecule has 1 fully saturated rings. The van der Waals surface area contributed by atoms with Crippen LogP contribution in [0.1, 0.15) is 32.3 Å². The molecule has 1 saturated heterocycles. The summed E-state index contributed by atoms with van der Waals surface area (Å²) in [5, 5.41) is 11.9. The van der Waals surface area contributed by atoms with Gasteiger partial charge in [0.15, 0.2) is 5.84 Å². The first-order valence-electron chi connectivity index (χ1n) is 6.81. The summed E-state index contributed by atoms with van der Waals surface area (Å²) in [6, 6.07) is 3.64. The van der Waals surface area contributed by atoms with E-state index in [9.17, 15) is 0 Å². The monoisotopic (exact) mass is 262 g/mol. The predicted octanol–water partition coefficient (Wildman–Crippen LogP) is 2.05. The van der Waals surface area contributed by atoms with Gasteiger partial charge in [0.2, 0.25) is 0 Å². The Morgan fingerprint density at radius 1 is 1.47 bits per heavy atom. The molecule has 1 aromatic heterocycles. The summed E-state index contributed by atoms with van der Waals surface area (Å²) in [6.45, 7) is 6.52. The lowest BCUT2D eigenvalue weighted by atomic mass is 9.86. The number of pyridine rings is 1. The zero-order chi connectivity index (χ0) is 13.8. The molecule has 0 bridgehead atoms. The number of nitrogens with two attached hydrogens (primary N) is 1. The Labute approximate surface area is 114 Å². The van der Waals surface area contributed by atoms with Gasteiger partial charge in [0.1, 0.15) is 5.82 Å². The summed E-state index contributed by atoms with van der Waals surface area (Å²) in [4.78, 5) is 6.62. The van der Waals surface area contributed by atoms with Crippen molar-refractivity contribution in [3.63, 3.8) is 0 Å². The lowest BCUT2D eigenvalue weighted by molar-refractivity contribution is 0.310. The van der Waals surface area contributed by atoms with Crippen LogP contribution in [0, 0.1) is 11.8 Å². The predicted molar refractivity (Wildman–Crippen MR) is 76.5 cm³/mol. The van der Waals surface area contributed by atoms with E-state index in [2.05, 4.69) is 28.9 Å². The van der Waals surface area contributed by atoms with Crippen molar-refractivity contribution >= 4 is 11.7 Å². The molecule has 0 radical (unpaired) electrons. The van der Waals surface area contributed by atoms with E-state index in [1.165, 1.54) is 12.8 Å². The van der Waals surface area contributed by atoms with Gasteiger partial charge in [0.25, 0.3) is 0 Å². The number of aromatic nitrogens is 1. The van der Waals surface area contributed by atoms with Crippen molar-refractivity contribution in [2.45, 2.75) is 26.7 Å². The van der Waals surface area contributed by atoms with Gasteiger partial charge in [-0.3, -0.25) is 0 Å². The first kappa shape index (κ1) is 13.6. The molecule has 2 rings (SSSR count). The Morgan fingerprint density at radius 3 is 2.74 bits per heavy atom. The van der Waals surface area contributed by atoms with Crippen molar-refractivity contribution in [1.82, 2.24) is 4.98 Å². The SMILES string of the molecule is CC(C)C1CCN(c2ncccc2/C(N)=N/O)CC1. The van der Waals surface area contributed by atoms with Crippen LogP contribution in [-0.4, -0.2) is 29.1 Å². The standard InChI is InChI=1S/C14H22N4O/c1-10(2)11-5-8-18(9-6-11)14-12(13(15)17-19)4-3-7-16-14/h3-4,7,10-11,19H,5-6,8-9H2,1-2H3,(H2,15,17). The van der Waals surface area contributed by atoms with Gasteiger partial charge in [0.05, 0.1) is 5.56 Å². The molecule has 0 aromatic carbocycles. The van der Waals surface area contributed by atoms with E-state index in [1.807, 2.05) is 6.07 Å². The summed E-state index contributed by atoms with van der Waals surface area (Å²) in [5.74, 6) is 2.45. The summed E-state index contributed by atoms with van der Waals surface area (Å²) in [6.07, 6.45) is 4.09. The molecule has 1 aliphatic heterocycles. The number of anilines is 1. The average molecular weight is 262 g/mol. The maximum absolute atomic E-state index is 8.84. The molecule has 3 N–H and O–H groups in total. The smallest absolute Gasteiger partial charge is 0.173 e. The topological polar surface area (TPSA) is 74.7 Å². The second kappa shape index (κ2) is 5.91. The largest absolute Gasteiger partial charge is 0.409 e. The van der Waals surface area contributed by atoms with Crippen LogP contribution in [0.25, 0.3) is 0 Å². The van der Waals surface area contributed by atoms with Gasteiger partial charge >= 0.3 is 0 Å². The van der Waals surface area contributed by atoms with Crippen LogP contribution < -0.4 is 10.6 Å². The molecule has 104 valence electrons. The fourth-order valence-electron chi connectivity index (χ4n) is 2.68. The fourth-order valence-corrected chi connectivity index (χ4v) is 2.68. The van der Waals surface area contributed by atoms with Gasteiger partial charge in [-0.05, 0) is 36.8 Å². The number of amidine groups is 1. The number of hydrogen-bond donors (Lipinski definition) is 2. The van der Waals surface area contributed by atoms with Crippen molar-refractivity contribution in [3.05, 3.63) is 23.9 Å². The number of oxime groups is 1. The zero-order valence-corrected chi connectivity index (χ0v) is 11.6. The minimum Gasteiger partial charge on any atom is -0.409 e. The molecule has 0 aliphatic carbocycles. The molecule has 2 heterocycles. The molecule has 1 aliphatic rings. The van der Waals surface area contributed by atoms with Crippen LogP contribution in [0.15, 0.2) is 23.5 Å². The highest BCUT2D eigenvalue weighted by atomic mass is 16.4. The number of hydrogen-bond acceptors (Lipinski definition) is 4. The summed E-state index contributed by atoms with van der Waals surface area (Å²) >= 11 is 0. The minimum atomic E-state index is 0.120. The van der Waals surface area contributed by atoms with Crippen LogP contribution in [-0.2, 0) is 0 Å². The van der Waals surface area contributed by atoms with Gasteiger partial charge in [0, 0.05) is 19.3 Å². The Balaban J connectivity index is 2.16. The first-order chi connectivity index (χ1) is 9.13. The van der Waals surface area contributed by atoms with E-state index in [1.54, 1.807) is 12.3 Å². The van der Waals surface area contributed by atoms with Crippen molar-refractivity contribution < 1.29 is 5.21 Å². The average Bonchev–Trinajstić information content (AvgIpc) is 2.46. The van der Waals surface area contributed by atoms with Crippen LogP contribution in [0.3, 0.4) is 0 Å². The van der Waals surface area contributed by atoms with E-state index in [4.69, 9.17) is 10.9 Å². The lowest BCUT2D eigenvalue weighted by Gasteiger charge is -2.35. The van der Waals surface area contributed by atoms with E-state index in [-0.39, 0.29) is 5.84 Å². The summed E-state index contributed by atoms with van der Waals surface area (Å²) in [7, 11) is 0. The zero-order valence-electron chi connectivity index (χ0n) is 11.6. The van der Waals surface area contributed by atoms with Crippen molar-refractivity contribution in [3.8, 4) is 0 Å². The molecule has 0 amide bonds. The summed E-state index contributed by atoms with van der Waals surface area (Å²) < 4.78 is 0. The normalized spacial score (nSPS) is 18.1. The van der Waals surface area contributed by atoms with Gasteiger partial charge in [-0.1, -0.05) is 19.0 Å². The van der Waals surface area contributed by atoms with Crippen molar-refractivity contribution in [2.24, 2.45) is 22.7 Å². The maximum Gasteiger partial charge on any atom is 0.173 e. The highest BCUT2D eigenvalue weighted by Gasteiger charge is 2.24. The molecule has 19 heavy (non-hydrogen) atoms. The highest BCUT2D eigenvalue weighted by Crippen LogP contribution is 2.28. The van der Waals surface area contributed by atoms with Crippen LogP contribution in [0.2, 0.25) is 0 Å². The Bertz CT molecular complexity index is 451. The number of rotatable bonds is 3. The number of piperidine rings is 1. The van der Waals surface area contributed by atoms with Gasteiger partial charge in [-0.2, -0.15) is 0 Å². The van der Waals surface area contributed by atoms with E-state index >= 15 is 0 Å². The molecule has 5 heteroatoms. The molecule has 1 aromatic rings. The Hall–Kier alpha value is -1.78. The van der Waals surface area contributed by atoms with E-state index in [0.717, 1.165) is 30.7 Å². The van der Waals surface area contributed by atoms with Crippen molar-refractivity contribution in [2.75, 3.05) is 18.0 Å². The molecule has 0 unspecified atom stereocenters. The van der Waals surface area contributed by atoms with Gasteiger partial charge < -0.3 is 15.8 Å². The third-order valence-electron chi connectivity index (χ3n) is 3.95. The minimum absolute atomic E-state index is 0.120.